The van der Waals surface area contributed by atoms with Crippen LogP contribution in [0.15, 0.2) is 85.1 Å². The van der Waals surface area contributed by atoms with E-state index in [-0.39, 0.29) is 17.6 Å². The topological polar surface area (TPSA) is 129 Å². The van der Waals surface area contributed by atoms with Crippen molar-refractivity contribution in [2.45, 2.75) is 92.2 Å². The highest BCUT2D eigenvalue weighted by Gasteiger charge is 2.29. The summed E-state index contributed by atoms with van der Waals surface area (Å²) in [6, 6.07) is 28.0. The van der Waals surface area contributed by atoms with E-state index >= 15 is 0 Å². The van der Waals surface area contributed by atoms with E-state index in [1.807, 2.05) is 13.0 Å². The zero-order valence-corrected chi connectivity index (χ0v) is 33.2. The third kappa shape index (κ3) is 6.55. The Kier molecular flexibility index (Phi) is 9.36. The molecule has 0 saturated heterocycles. The van der Waals surface area contributed by atoms with Crippen molar-refractivity contribution in [2.75, 3.05) is 0 Å². The number of aliphatic hydroxyl groups is 1. The van der Waals surface area contributed by atoms with Crippen molar-refractivity contribution in [3.05, 3.63) is 130 Å². The van der Waals surface area contributed by atoms with Crippen LogP contribution >= 0.6 is 0 Å². The minimum Gasteiger partial charge on any atom is -0.384 e. The number of rotatable bonds is 9. The Balaban J connectivity index is 1.36. The summed E-state index contributed by atoms with van der Waals surface area (Å²) >= 11 is 0. The normalized spacial score (nSPS) is 12.7. The highest BCUT2D eigenvalue weighted by Crippen LogP contribution is 2.43. The molecule has 0 radical (unpaired) electrons. The van der Waals surface area contributed by atoms with E-state index in [9.17, 15) is 9.90 Å². The highest BCUT2D eigenvalue weighted by molar-refractivity contribution is 5.93. The molecule has 0 unspecified atom stereocenters. The molecule has 0 aliphatic heterocycles. The smallest absolute Gasteiger partial charge is 0.181 e. The van der Waals surface area contributed by atoms with Gasteiger partial charge in [-0.1, -0.05) is 91.9 Å². The quantitative estimate of drug-likeness (QED) is 0.146. The maximum atomic E-state index is 12.4. The molecule has 0 fully saturated rings. The lowest BCUT2D eigenvalue weighted by atomic mass is 9.86. The summed E-state index contributed by atoms with van der Waals surface area (Å²) in [7, 11) is 0. The van der Waals surface area contributed by atoms with Crippen LogP contribution < -0.4 is 0 Å². The number of hydrogen-bond donors (Lipinski definition) is 1. The SMILES string of the molecule is CC(=O)c1nnn(-c2cc(Cn3nncc3C(C)(C)O)cc(-c3cc(C(C)C)c(-n4nnc5c4-c4ccccc4CCc4ccccc4-5)c(C(C)C)c3)c2)c1C. The van der Waals surface area contributed by atoms with Crippen molar-refractivity contribution in [1.82, 2.24) is 45.0 Å². The number of nitrogens with zero attached hydrogens (tertiary/aromatic N) is 9. The molecule has 4 aromatic carbocycles. The summed E-state index contributed by atoms with van der Waals surface area (Å²) < 4.78 is 5.53. The van der Waals surface area contributed by atoms with Gasteiger partial charge in [-0.25, -0.2) is 14.0 Å². The molecule has 1 N–H and O–H groups in total. The van der Waals surface area contributed by atoms with Crippen LogP contribution in [0.5, 0.6) is 0 Å². The minimum absolute atomic E-state index is 0.140. The van der Waals surface area contributed by atoms with Crippen LogP contribution in [0.4, 0.5) is 0 Å². The number of ketones is 1. The second-order valence-electron chi connectivity index (χ2n) is 16.0. The van der Waals surface area contributed by atoms with Crippen molar-refractivity contribution in [3.8, 4) is 45.0 Å². The molecule has 0 saturated carbocycles. The Morgan fingerprint density at radius 3 is 2.02 bits per heavy atom. The number of aromatic nitrogens is 9. The summed E-state index contributed by atoms with van der Waals surface area (Å²) in [5.74, 6) is 0.136. The van der Waals surface area contributed by atoms with E-state index in [1.54, 1.807) is 29.4 Å². The van der Waals surface area contributed by atoms with Crippen LogP contribution in [0.2, 0.25) is 0 Å². The predicted molar refractivity (Wildman–Crippen MR) is 217 cm³/mol. The summed E-state index contributed by atoms with van der Waals surface area (Å²) in [6.45, 7) is 16.1. The first kappa shape index (κ1) is 36.9. The first-order chi connectivity index (χ1) is 26.8. The van der Waals surface area contributed by atoms with Crippen LogP contribution in [0, 0.1) is 6.92 Å². The molecule has 0 atom stereocenters. The van der Waals surface area contributed by atoms with Gasteiger partial charge < -0.3 is 5.11 Å². The van der Waals surface area contributed by atoms with Crippen molar-refractivity contribution < 1.29 is 9.90 Å². The molecule has 0 amide bonds. The van der Waals surface area contributed by atoms with Gasteiger partial charge in [-0.2, -0.15) is 0 Å². The van der Waals surface area contributed by atoms with Gasteiger partial charge in [-0.3, -0.25) is 4.79 Å². The molecule has 7 aromatic rings. The summed E-state index contributed by atoms with van der Waals surface area (Å²) in [4.78, 5) is 12.4. The van der Waals surface area contributed by atoms with E-state index in [0.717, 1.165) is 74.5 Å². The Morgan fingerprint density at radius 1 is 0.786 bits per heavy atom. The number of fused-ring (bicyclic) bond motifs is 5. The van der Waals surface area contributed by atoms with E-state index in [4.69, 9.17) is 10.3 Å². The molecular weight excluding hydrogens is 699 g/mol. The fraction of sp³-hybridized carbons (Fsp3) is 0.311. The van der Waals surface area contributed by atoms with Crippen LogP contribution in [0.25, 0.3) is 45.0 Å². The fourth-order valence-electron chi connectivity index (χ4n) is 8.02. The molecule has 0 bridgehead atoms. The van der Waals surface area contributed by atoms with Gasteiger partial charge in [-0.15, -0.1) is 15.3 Å². The van der Waals surface area contributed by atoms with Crippen molar-refractivity contribution in [1.29, 1.82) is 0 Å². The lowest BCUT2D eigenvalue weighted by Crippen LogP contribution is -2.22. The zero-order chi connectivity index (χ0) is 39.5. The number of hydrogen-bond acceptors (Lipinski definition) is 8. The van der Waals surface area contributed by atoms with Gasteiger partial charge in [0.25, 0.3) is 0 Å². The Hall–Kier alpha value is -6.07. The first-order valence-electron chi connectivity index (χ1n) is 19.3. The van der Waals surface area contributed by atoms with Gasteiger partial charge in [0.2, 0.25) is 0 Å². The van der Waals surface area contributed by atoms with Crippen LogP contribution in [0.3, 0.4) is 0 Å². The van der Waals surface area contributed by atoms with E-state index in [0.29, 0.717) is 23.6 Å². The Morgan fingerprint density at radius 2 is 1.39 bits per heavy atom. The number of aryl methyl sites for hydroxylation is 2. The average molecular weight is 746 g/mol. The monoisotopic (exact) mass is 745 g/mol. The summed E-state index contributed by atoms with van der Waals surface area (Å²) in [5.41, 5.74) is 14.2. The van der Waals surface area contributed by atoms with Gasteiger partial charge >= 0.3 is 0 Å². The Bertz CT molecular complexity index is 2590. The zero-order valence-electron chi connectivity index (χ0n) is 33.2. The number of benzene rings is 4. The van der Waals surface area contributed by atoms with Gasteiger partial charge in [0, 0.05) is 18.1 Å². The van der Waals surface area contributed by atoms with Crippen LogP contribution in [-0.2, 0) is 25.0 Å². The predicted octanol–water partition coefficient (Wildman–Crippen LogP) is 8.57. The van der Waals surface area contributed by atoms with Crippen molar-refractivity contribution in [3.63, 3.8) is 0 Å². The van der Waals surface area contributed by atoms with Gasteiger partial charge in [0.15, 0.2) is 11.5 Å². The second kappa shape index (κ2) is 14.2. The van der Waals surface area contributed by atoms with Crippen LogP contribution in [-0.4, -0.2) is 55.9 Å². The molecule has 11 heteroatoms. The maximum Gasteiger partial charge on any atom is 0.181 e. The standard InChI is InChI=1S/C45H47N9O2/c1-26(2)38-22-34(33-19-30(25-52-40(24-46-49-52)45(7,8)56)20-35(21-33)53-28(5)41(29(6)55)47-50-53)23-39(27(3)4)43(38)54-44-37-16-12-10-14-32(37)18-17-31-13-9-11-15-36(31)42(44)48-51-54/h9-16,19-24,26-27,56H,17-18,25H2,1-8H3. The third-order valence-corrected chi connectivity index (χ3v) is 10.9. The molecule has 11 nitrogen and oxygen atoms in total. The van der Waals surface area contributed by atoms with Crippen LogP contribution in [0.1, 0.15) is 110 Å². The molecule has 56 heavy (non-hydrogen) atoms. The Labute approximate surface area is 327 Å². The lowest BCUT2D eigenvalue weighted by Gasteiger charge is -2.24. The van der Waals surface area contributed by atoms with Crippen molar-refractivity contribution in [2.24, 2.45) is 0 Å². The maximum absolute atomic E-state index is 12.4. The summed E-state index contributed by atoms with van der Waals surface area (Å²) in [5, 5.41) is 37.9. The number of Topliss-reactive ketones (excluding diaryl/α,β-unsaturated/α-hetero) is 1. The largest absolute Gasteiger partial charge is 0.384 e. The molecule has 8 rings (SSSR count). The number of carbonyl (C=O) groups is 1. The van der Waals surface area contributed by atoms with E-state index in [2.05, 4.69) is 126 Å². The van der Waals surface area contributed by atoms with E-state index < -0.39 is 5.60 Å². The fourth-order valence-corrected chi connectivity index (χ4v) is 8.02. The molecular formula is C45H47N9O2. The average Bonchev–Trinajstić information content (AvgIpc) is 3.91. The first-order valence-corrected chi connectivity index (χ1v) is 19.3. The van der Waals surface area contributed by atoms with Crippen molar-refractivity contribution >= 4 is 5.78 Å². The molecule has 0 spiro atoms. The van der Waals surface area contributed by atoms with Gasteiger partial charge in [-0.05, 0) is 115 Å². The van der Waals surface area contributed by atoms with E-state index in [1.165, 1.54) is 18.1 Å². The van der Waals surface area contributed by atoms with Gasteiger partial charge in [0.1, 0.15) is 17.0 Å². The second-order valence-corrected chi connectivity index (χ2v) is 16.0. The highest BCUT2D eigenvalue weighted by atomic mass is 16.3. The molecule has 1 aliphatic rings. The minimum atomic E-state index is -1.14. The summed E-state index contributed by atoms with van der Waals surface area (Å²) in [6.07, 6.45) is 3.45. The van der Waals surface area contributed by atoms with Gasteiger partial charge in [0.05, 0.1) is 35.5 Å². The molecule has 3 aromatic heterocycles. The lowest BCUT2D eigenvalue weighted by molar-refractivity contribution is 0.0688. The number of carbonyl (C=O) groups excluding carboxylic acids is 1. The molecule has 1 aliphatic carbocycles. The third-order valence-electron chi connectivity index (χ3n) is 10.9. The molecule has 3 heterocycles. The molecule has 284 valence electrons.